The van der Waals surface area contributed by atoms with Gasteiger partial charge in [0, 0.05) is 5.70 Å². The molecule has 0 saturated heterocycles. The molecule has 0 aromatic heterocycles. The van der Waals surface area contributed by atoms with Gasteiger partial charge in [0.1, 0.15) is 11.5 Å². The standard InChI is InChI=1S/C14H18ClN3O/c1-10-6-14(2,3)7-12(18-13(19)8-15)11(10)9-17-5-4-16/h10H,5-8H2,1-3H3/p+1. The first-order chi connectivity index (χ1) is 8.89. The second kappa shape index (κ2) is 6.59. The van der Waals surface area contributed by atoms with Gasteiger partial charge in [-0.15, -0.1) is 11.6 Å². The average molecular weight is 281 g/mol. The first kappa shape index (κ1) is 15.5. The van der Waals surface area contributed by atoms with Crippen molar-refractivity contribution in [2.45, 2.75) is 33.6 Å². The first-order valence-electron chi connectivity index (χ1n) is 6.28. The second-order valence-corrected chi connectivity index (χ2v) is 5.87. The molecule has 1 atom stereocenters. The molecule has 5 heteroatoms. The van der Waals surface area contributed by atoms with Crippen LogP contribution in [-0.4, -0.2) is 18.3 Å². The largest absolute Gasteiger partial charge is 0.347 e. The van der Waals surface area contributed by atoms with Crippen molar-refractivity contribution in [2.75, 3.05) is 12.4 Å². The highest BCUT2D eigenvalue weighted by molar-refractivity contribution is 6.27. The van der Waals surface area contributed by atoms with E-state index in [-0.39, 0.29) is 29.7 Å². The molecular formula is C14H19ClN3O+. The Kier molecular flexibility index (Phi) is 5.39. The Morgan fingerprint density at radius 1 is 1.63 bits per heavy atom. The maximum absolute atomic E-state index is 11.5. The van der Waals surface area contributed by atoms with Crippen LogP contribution in [0.15, 0.2) is 11.3 Å². The van der Waals surface area contributed by atoms with E-state index in [4.69, 9.17) is 16.9 Å². The summed E-state index contributed by atoms with van der Waals surface area (Å²) in [6.45, 7) is 6.49. The molecule has 1 unspecified atom stereocenters. The van der Waals surface area contributed by atoms with Crippen LogP contribution in [0.25, 0.3) is 4.85 Å². The van der Waals surface area contributed by atoms with E-state index >= 15 is 0 Å². The summed E-state index contributed by atoms with van der Waals surface area (Å²) >= 11 is 5.53. The van der Waals surface area contributed by atoms with Crippen molar-refractivity contribution in [3.63, 3.8) is 0 Å². The number of nitriles is 1. The third-order valence-corrected chi connectivity index (χ3v) is 3.34. The van der Waals surface area contributed by atoms with Gasteiger partial charge in [-0.1, -0.05) is 25.6 Å². The van der Waals surface area contributed by atoms with Gasteiger partial charge in [0.05, 0.1) is 0 Å². The third kappa shape index (κ3) is 4.58. The SMILES string of the molecule is CC1CC(C)(C)CC(NC(=O)CCl)=C1C#[N+]CC#N. The highest BCUT2D eigenvalue weighted by Gasteiger charge is 2.34. The van der Waals surface area contributed by atoms with E-state index in [9.17, 15) is 4.79 Å². The van der Waals surface area contributed by atoms with Gasteiger partial charge in [0.15, 0.2) is 6.07 Å². The van der Waals surface area contributed by atoms with Gasteiger partial charge in [0.2, 0.25) is 5.91 Å². The van der Waals surface area contributed by atoms with E-state index in [1.165, 1.54) is 0 Å². The normalized spacial score (nSPS) is 21.1. The van der Waals surface area contributed by atoms with E-state index in [1.807, 2.05) is 6.07 Å². The fourth-order valence-corrected chi connectivity index (χ4v) is 2.59. The minimum atomic E-state index is -0.221. The Morgan fingerprint density at radius 2 is 2.32 bits per heavy atom. The van der Waals surface area contributed by atoms with E-state index in [1.54, 1.807) is 0 Å². The van der Waals surface area contributed by atoms with Crippen LogP contribution in [0, 0.1) is 28.7 Å². The number of carbonyl (C=O) groups excluding carboxylic acids is 1. The molecule has 19 heavy (non-hydrogen) atoms. The molecule has 0 aliphatic heterocycles. The smallest absolute Gasteiger partial charge is 0.328 e. The van der Waals surface area contributed by atoms with Crippen molar-refractivity contribution in [3.05, 3.63) is 16.1 Å². The molecule has 1 amide bonds. The summed E-state index contributed by atoms with van der Waals surface area (Å²) in [6, 6.07) is 4.86. The summed E-state index contributed by atoms with van der Waals surface area (Å²) in [5.74, 6) is -0.0426. The predicted octanol–water partition coefficient (Wildman–Crippen LogP) is 2.91. The Bertz CT molecular complexity index is 491. The number of amides is 1. The van der Waals surface area contributed by atoms with Crippen molar-refractivity contribution in [2.24, 2.45) is 11.3 Å². The number of carbonyl (C=O) groups is 1. The van der Waals surface area contributed by atoms with Crippen molar-refractivity contribution in [1.82, 2.24) is 5.32 Å². The lowest BCUT2D eigenvalue weighted by molar-refractivity contribution is -0.118. The second-order valence-electron chi connectivity index (χ2n) is 5.61. The molecular weight excluding hydrogens is 262 g/mol. The molecule has 0 radical (unpaired) electrons. The fraction of sp³-hybridized carbons (Fsp3) is 0.643. The number of rotatable bonds is 2. The fourth-order valence-electron chi connectivity index (χ4n) is 2.53. The molecule has 0 aromatic rings. The van der Waals surface area contributed by atoms with Crippen molar-refractivity contribution < 1.29 is 4.79 Å². The molecule has 0 fully saturated rings. The van der Waals surface area contributed by atoms with Gasteiger partial charge in [-0.05, 0) is 24.2 Å². The lowest BCUT2D eigenvalue weighted by Gasteiger charge is -2.34. The van der Waals surface area contributed by atoms with Crippen LogP contribution in [0.1, 0.15) is 33.6 Å². The number of nitrogens with one attached hydrogen (secondary N) is 1. The summed E-state index contributed by atoms with van der Waals surface area (Å²) in [7, 11) is 0. The first-order valence-corrected chi connectivity index (χ1v) is 6.81. The van der Waals surface area contributed by atoms with Gasteiger partial charge < -0.3 is 5.32 Å². The van der Waals surface area contributed by atoms with Crippen LogP contribution < -0.4 is 5.32 Å². The molecule has 4 nitrogen and oxygen atoms in total. The summed E-state index contributed by atoms with van der Waals surface area (Å²) in [6.07, 6.45) is 1.75. The minimum absolute atomic E-state index is 0.0685. The third-order valence-electron chi connectivity index (χ3n) is 3.09. The lowest BCUT2D eigenvalue weighted by atomic mass is 9.72. The van der Waals surface area contributed by atoms with Crippen LogP contribution in [-0.2, 0) is 4.79 Å². The highest BCUT2D eigenvalue weighted by atomic mass is 35.5. The van der Waals surface area contributed by atoms with E-state index in [2.05, 4.69) is 37.0 Å². The molecule has 102 valence electrons. The maximum atomic E-state index is 11.5. The van der Waals surface area contributed by atoms with E-state index in [0.717, 1.165) is 24.1 Å². The van der Waals surface area contributed by atoms with Crippen LogP contribution in [0.5, 0.6) is 0 Å². The van der Waals surface area contributed by atoms with Gasteiger partial charge >= 0.3 is 12.6 Å². The number of hydrogen-bond donors (Lipinski definition) is 1. The number of halogens is 1. The molecule has 0 spiro atoms. The topological polar surface area (TPSA) is 57.2 Å². The van der Waals surface area contributed by atoms with Crippen molar-refractivity contribution in [3.8, 4) is 12.1 Å². The number of nitrogens with zero attached hydrogens (tertiary/aromatic N) is 2. The average Bonchev–Trinajstić information content (AvgIpc) is 2.31. The number of hydrogen-bond acceptors (Lipinski definition) is 2. The lowest BCUT2D eigenvalue weighted by Crippen LogP contribution is -2.33. The van der Waals surface area contributed by atoms with E-state index < -0.39 is 0 Å². The van der Waals surface area contributed by atoms with Crippen LogP contribution in [0.2, 0.25) is 0 Å². The summed E-state index contributed by atoms with van der Waals surface area (Å²) < 4.78 is 0. The predicted molar refractivity (Wildman–Crippen MR) is 75.8 cm³/mol. The Morgan fingerprint density at radius 3 is 2.89 bits per heavy atom. The van der Waals surface area contributed by atoms with Crippen molar-refractivity contribution >= 4 is 17.5 Å². The zero-order chi connectivity index (χ0) is 14.5. The Balaban J connectivity index is 3.08. The van der Waals surface area contributed by atoms with Gasteiger partial charge in [-0.3, -0.25) is 4.79 Å². The summed E-state index contributed by atoms with van der Waals surface area (Å²) in [5.41, 5.74) is 1.83. The van der Waals surface area contributed by atoms with Crippen LogP contribution >= 0.6 is 11.6 Å². The quantitative estimate of drug-likeness (QED) is 0.624. The number of alkyl halides is 1. The molecule has 1 rings (SSSR count). The molecule has 0 aromatic carbocycles. The molecule has 1 aliphatic rings. The summed E-state index contributed by atoms with van der Waals surface area (Å²) in [5, 5.41) is 11.3. The highest BCUT2D eigenvalue weighted by Crippen LogP contribution is 2.40. The zero-order valence-electron chi connectivity index (χ0n) is 11.6. The summed E-state index contributed by atoms with van der Waals surface area (Å²) in [4.78, 5) is 15.4. The van der Waals surface area contributed by atoms with Crippen molar-refractivity contribution in [1.29, 1.82) is 5.26 Å². The molecule has 1 aliphatic carbocycles. The Hall–Kier alpha value is -1.52. The van der Waals surface area contributed by atoms with E-state index in [0.29, 0.717) is 0 Å². The molecule has 0 heterocycles. The van der Waals surface area contributed by atoms with Gasteiger partial charge in [-0.25, -0.2) is 0 Å². The van der Waals surface area contributed by atoms with Gasteiger partial charge in [0.25, 0.3) is 0 Å². The van der Waals surface area contributed by atoms with Crippen LogP contribution in [0.4, 0.5) is 0 Å². The molecule has 0 saturated carbocycles. The van der Waals surface area contributed by atoms with Crippen LogP contribution in [0.3, 0.4) is 0 Å². The maximum Gasteiger partial charge on any atom is 0.347 e. The van der Waals surface area contributed by atoms with Gasteiger partial charge in [-0.2, -0.15) is 5.26 Å². The Labute approximate surface area is 119 Å². The minimum Gasteiger partial charge on any atom is -0.328 e. The molecule has 1 N–H and O–H groups in total. The zero-order valence-corrected chi connectivity index (χ0v) is 12.3. The number of allylic oxidation sites excluding steroid dienone is 2. The monoisotopic (exact) mass is 280 g/mol. The molecule has 0 bridgehead atoms.